The number of hydrogen-bond acceptors (Lipinski definition) is 4. The molecule has 1 atom stereocenters. The molecular formula is C27H34N2O5. The molecule has 0 spiro atoms. The normalized spacial score (nSPS) is 13.7. The Balaban J connectivity index is 1.64. The summed E-state index contributed by atoms with van der Waals surface area (Å²) >= 11 is 0. The lowest BCUT2D eigenvalue weighted by Crippen LogP contribution is -2.53. The number of ether oxygens (including phenoxy) is 1. The van der Waals surface area contributed by atoms with Crippen LogP contribution in [0.4, 0.5) is 4.79 Å². The van der Waals surface area contributed by atoms with Crippen LogP contribution >= 0.6 is 0 Å². The van der Waals surface area contributed by atoms with E-state index in [-0.39, 0.29) is 37.2 Å². The minimum absolute atomic E-state index is 0.0536. The lowest BCUT2D eigenvalue weighted by molar-refractivity contribution is -0.138. The summed E-state index contributed by atoms with van der Waals surface area (Å²) in [6.45, 7) is 7.64. The summed E-state index contributed by atoms with van der Waals surface area (Å²) in [6, 6.07) is 15.4. The van der Waals surface area contributed by atoms with Gasteiger partial charge in [-0.25, -0.2) is 4.79 Å². The Bertz CT molecular complexity index is 1000. The highest BCUT2D eigenvalue weighted by molar-refractivity contribution is 5.86. The Kier molecular flexibility index (Phi) is 7.97. The number of carboxylic acids is 1. The maximum Gasteiger partial charge on any atom is 0.407 e. The number of aliphatic carboxylic acids is 1. The molecule has 0 radical (unpaired) electrons. The molecule has 1 aliphatic carbocycles. The summed E-state index contributed by atoms with van der Waals surface area (Å²) in [7, 11) is 0. The van der Waals surface area contributed by atoms with Gasteiger partial charge >= 0.3 is 12.1 Å². The molecule has 0 aliphatic heterocycles. The Hall–Kier alpha value is -3.35. The number of rotatable bonds is 10. The lowest BCUT2D eigenvalue weighted by Gasteiger charge is -2.29. The van der Waals surface area contributed by atoms with Crippen molar-refractivity contribution in [3.63, 3.8) is 0 Å². The van der Waals surface area contributed by atoms with Crippen LogP contribution in [0.25, 0.3) is 11.1 Å². The minimum Gasteiger partial charge on any atom is -0.481 e. The number of fused-ring (bicyclic) bond motifs is 3. The van der Waals surface area contributed by atoms with Crippen LogP contribution in [0.1, 0.15) is 64.0 Å². The van der Waals surface area contributed by atoms with E-state index in [1.807, 2.05) is 38.1 Å². The average Bonchev–Trinajstić information content (AvgIpc) is 3.09. The summed E-state index contributed by atoms with van der Waals surface area (Å²) in [5.41, 5.74) is 3.81. The second kappa shape index (κ2) is 10.7. The number of alkyl carbamates (subject to hydrolysis) is 1. The molecule has 2 amide bonds. The fourth-order valence-corrected chi connectivity index (χ4v) is 4.39. The summed E-state index contributed by atoms with van der Waals surface area (Å²) in [5, 5.41) is 14.5. The van der Waals surface area contributed by atoms with Gasteiger partial charge < -0.3 is 20.5 Å². The zero-order valence-electron chi connectivity index (χ0n) is 20.3. The molecule has 0 fully saturated rings. The SMILES string of the molecule is CC(C)CC(NC(=O)OCC1c2ccccc2-c2ccccc21)C(=O)NC(C)(C)CCC(=O)O. The number of hydrogen-bond donors (Lipinski definition) is 3. The first-order chi connectivity index (χ1) is 16.1. The third-order valence-corrected chi connectivity index (χ3v) is 6.08. The predicted octanol–water partition coefficient (Wildman–Crippen LogP) is 4.70. The molecule has 0 aromatic heterocycles. The maximum atomic E-state index is 12.9. The van der Waals surface area contributed by atoms with Crippen molar-refractivity contribution in [1.82, 2.24) is 10.6 Å². The molecule has 182 valence electrons. The van der Waals surface area contributed by atoms with Crippen molar-refractivity contribution in [1.29, 1.82) is 0 Å². The Morgan fingerprint density at radius 3 is 2.09 bits per heavy atom. The molecule has 2 aromatic rings. The molecule has 0 heterocycles. The van der Waals surface area contributed by atoms with Crippen LogP contribution < -0.4 is 10.6 Å². The van der Waals surface area contributed by atoms with Gasteiger partial charge in [-0.2, -0.15) is 0 Å². The molecule has 1 unspecified atom stereocenters. The smallest absolute Gasteiger partial charge is 0.407 e. The fraction of sp³-hybridized carbons (Fsp3) is 0.444. The van der Waals surface area contributed by atoms with Crippen molar-refractivity contribution >= 4 is 18.0 Å². The largest absolute Gasteiger partial charge is 0.481 e. The van der Waals surface area contributed by atoms with E-state index in [2.05, 4.69) is 34.9 Å². The summed E-state index contributed by atoms with van der Waals surface area (Å²) in [6.07, 6.45) is 0.0198. The van der Waals surface area contributed by atoms with Crippen molar-refractivity contribution in [3.8, 4) is 11.1 Å². The van der Waals surface area contributed by atoms with Crippen LogP contribution in [0.15, 0.2) is 48.5 Å². The molecular weight excluding hydrogens is 432 g/mol. The molecule has 34 heavy (non-hydrogen) atoms. The van der Waals surface area contributed by atoms with Crippen molar-refractivity contribution in [2.75, 3.05) is 6.61 Å². The third kappa shape index (κ3) is 6.37. The second-order valence-corrected chi connectivity index (χ2v) is 9.92. The van der Waals surface area contributed by atoms with Gasteiger partial charge in [-0.1, -0.05) is 62.4 Å². The molecule has 2 aromatic carbocycles. The molecule has 0 saturated heterocycles. The van der Waals surface area contributed by atoms with Gasteiger partial charge in [0.15, 0.2) is 0 Å². The second-order valence-electron chi connectivity index (χ2n) is 9.92. The highest BCUT2D eigenvalue weighted by atomic mass is 16.5. The average molecular weight is 467 g/mol. The Labute approximate surface area is 200 Å². The molecule has 3 rings (SSSR count). The van der Waals surface area contributed by atoms with E-state index in [9.17, 15) is 14.4 Å². The van der Waals surface area contributed by atoms with E-state index in [1.54, 1.807) is 13.8 Å². The van der Waals surface area contributed by atoms with E-state index >= 15 is 0 Å². The Morgan fingerprint density at radius 2 is 1.56 bits per heavy atom. The van der Waals surface area contributed by atoms with E-state index < -0.39 is 23.6 Å². The van der Waals surface area contributed by atoms with Crippen molar-refractivity contribution < 1.29 is 24.2 Å². The van der Waals surface area contributed by atoms with E-state index in [4.69, 9.17) is 9.84 Å². The van der Waals surface area contributed by atoms with E-state index in [0.29, 0.717) is 6.42 Å². The van der Waals surface area contributed by atoms with E-state index in [0.717, 1.165) is 22.3 Å². The molecule has 7 nitrogen and oxygen atoms in total. The Morgan fingerprint density at radius 1 is 1.00 bits per heavy atom. The third-order valence-electron chi connectivity index (χ3n) is 6.08. The standard InChI is InChI=1S/C27H34N2O5/c1-17(2)15-23(25(32)29-27(3,4)14-13-24(30)31)28-26(33)34-16-22-20-11-7-5-9-18(20)19-10-6-8-12-21(19)22/h5-12,17,22-23H,13-16H2,1-4H3,(H,28,33)(H,29,32)(H,30,31). The molecule has 0 bridgehead atoms. The number of carbonyl (C=O) groups is 3. The molecule has 0 saturated carbocycles. The fourth-order valence-electron chi connectivity index (χ4n) is 4.39. The van der Waals surface area contributed by atoms with Crippen LogP contribution in [0.2, 0.25) is 0 Å². The van der Waals surface area contributed by atoms with Crippen LogP contribution in [0, 0.1) is 5.92 Å². The summed E-state index contributed by atoms with van der Waals surface area (Å²) in [5.74, 6) is -1.17. The first-order valence-corrected chi connectivity index (χ1v) is 11.7. The first-order valence-electron chi connectivity index (χ1n) is 11.7. The number of nitrogens with one attached hydrogen (secondary N) is 2. The number of carbonyl (C=O) groups excluding carboxylic acids is 2. The molecule has 7 heteroatoms. The summed E-state index contributed by atoms with van der Waals surface area (Å²) < 4.78 is 5.60. The summed E-state index contributed by atoms with van der Waals surface area (Å²) in [4.78, 5) is 36.5. The van der Waals surface area contributed by atoms with Gasteiger partial charge in [-0.05, 0) is 54.9 Å². The van der Waals surface area contributed by atoms with Gasteiger partial charge in [0.05, 0.1) is 0 Å². The van der Waals surface area contributed by atoms with Crippen LogP contribution in [0.5, 0.6) is 0 Å². The zero-order chi connectivity index (χ0) is 24.9. The molecule has 3 N–H and O–H groups in total. The van der Waals surface area contributed by atoms with Crippen molar-refractivity contribution in [3.05, 3.63) is 59.7 Å². The quantitative estimate of drug-likeness (QED) is 0.471. The first kappa shape index (κ1) is 25.3. The maximum absolute atomic E-state index is 12.9. The van der Waals surface area contributed by atoms with Crippen molar-refractivity contribution in [2.45, 2.75) is 64.5 Å². The van der Waals surface area contributed by atoms with Crippen LogP contribution in [0.3, 0.4) is 0 Å². The predicted molar refractivity (Wildman–Crippen MR) is 131 cm³/mol. The monoisotopic (exact) mass is 466 g/mol. The topological polar surface area (TPSA) is 105 Å². The highest BCUT2D eigenvalue weighted by Crippen LogP contribution is 2.44. The van der Waals surface area contributed by atoms with E-state index in [1.165, 1.54) is 0 Å². The van der Waals surface area contributed by atoms with Gasteiger partial charge in [-0.3, -0.25) is 9.59 Å². The zero-order valence-corrected chi connectivity index (χ0v) is 20.3. The van der Waals surface area contributed by atoms with Crippen molar-refractivity contribution in [2.24, 2.45) is 5.92 Å². The number of amides is 2. The van der Waals surface area contributed by atoms with Gasteiger partial charge in [0.25, 0.3) is 0 Å². The lowest BCUT2D eigenvalue weighted by atomic mass is 9.96. The number of benzene rings is 2. The van der Waals surface area contributed by atoms with Gasteiger partial charge in [-0.15, -0.1) is 0 Å². The van der Waals surface area contributed by atoms with Crippen LogP contribution in [-0.4, -0.2) is 41.3 Å². The number of carboxylic acid groups (broad SMARTS) is 1. The van der Waals surface area contributed by atoms with Crippen LogP contribution in [-0.2, 0) is 14.3 Å². The van der Waals surface area contributed by atoms with Gasteiger partial charge in [0.2, 0.25) is 5.91 Å². The van der Waals surface area contributed by atoms with Gasteiger partial charge in [0.1, 0.15) is 12.6 Å². The molecule has 1 aliphatic rings. The van der Waals surface area contributed by atoms with Gasteiger partial charge in [0, 0.05) is 17.9 Å². The highest BCUT2D eigenvalue weighted by Gasteiger charge is 2.31. The minimum atomic E-state index is -0.919.